The average molecular weight is 316 g/mol. The maximum atomic E-state index is 3.81. The standard InChI is InChI=1S/C14H22BrNS/c1-9-4-5-13(10(2)8-9)16-11(3)14-12(15)6-7-17-14/h6-7,9-11,13,16H,4-5,8H2,1-3H3. The molecule has 0 radical (unpaired) electrons. The molecule has 1 N–H and O–H groups in total. The fourth-order valence-corrected chi connectivity index (χ4v) is 4.66. The lowest BCUT2D eigenvalue weighted by atomic mass is 9.79. The molecule has 1 aliphatic rings. The van der Waals surface area contributed by atoms with E-state index in [1.165, 1.54) is 28.6 Å². The zero-order valence-electron chi connectivity index (χ0n) is 10.9. The number of rotatable bonds is 3. The Kier molecular flexibility index (Phi) is 4.67. The third-order valence-electron chi connectivity index (χ3n) is 3.93. The van der Waals surface area contributed by atoms with Crippen molar-refractivity contribution in [1.29, 1.82) is 0 Å². The normalized spacial score (nSPS) is 31.4. The first-order valence-electron chi connectivity index (χ1n) is 6.57. The van der Waals surface area contributed by atoms with Gasteiger partial charge in [-0.25, -0.2) is 0 Å². The summed E-state index contributed by atoms with van der Waals surface area (Å²) in [7, 11) is 0. The molecule has 0 bridgehead atoms. The largest absolute Gasteiger partial charge is 0.306 e. The molecule has 0 amide bonds. The average Bonchev–Trinajstić information content (AvgIpc) is 2.68. The van der Waals surface area contributed by atoms with Crippen LogP contribution in [-0.4, -0.2) is 6.04 Å². The smallest absolute Gasteiger partial charge is 0.0399 e. The molecular formula is C14H22BrNS. The Morgan fingerprint density at radius 2 is 2.18 bits per heavy atom. The van der Waals surface area contributed by atoms with Crippen LogP contribution in [0.25, 0.3) is 0 Å². The van der Waals surface area contributed by atoms with Gasteiger partial charge in [0.1, 0.15) is 0 Å². The molecule has 3 heteroatoms. The zero-order valence-corrected chi connectivity index (χ0v) is 13.3. The van der Waals surface area contributed by atoms with Crippen molar-refractivity contribution in [2.75, 3.05) is 0 Å². The minimum atomic E-state index is 0.463. The van der Waals surface area contributed by atoms with Gasteiger partial charge in [0.05, 0.1) is 0 Å². The first-order valence-corrected chi connectivity index (χ1v) is 8.24. The van der Waals surface area contributed by atoms with Crippen LogP contribution in [0.1, 0.15) is 51.0 Å². The lowest BCUT2D eigenvalue weighted by molar-refractivity contribution is 0.217. The molecule has 4 unspecified atom stereocenters. The topological polar surface area (TPSA) is 12.0 Å². The number of nitrogens with one attached hydrogen (secondary N) is 1. The molecule has 4 atom stereocenters. The molecule has 96 valence electrons. The van der Waals surface area contributed by atoms with E-state index in [4.69, 9.17) is 0 Å². The highest BCUT2D eigenvalue weighted by Crippen LogP contribution is 2.33. The second-order valence-corrected chi connectivity index (χ2v) is 7.33. The number of hydrogen-bond acceptors (Lipinski definition) is 2. The molecule has 17 heavy (non-hydrogen) atoms. The van der Waals surface area contributed by atoms with E-state index in [0.29, 0.717) is 12.1 Å². The highest BCUT2D eigenvalue weighted by Gasteiger charge is 2.26. The quantitative estimate of drug-likeness (QED) is 0.829. The van der Waals surface area contributed by atoms with Gasteiger partial charge in [0.15, 0.2) is 0 Å². The molecule has 2 rings (SSSR count). The van der Waals surface area contributed by atoms with Gasteiger partial charge in [-0.05, 0) is 65.4 Å². The Labute approximate surface area is 117 Å². The predicted molar refractivity (Wildman–Crippen MR) is 79.5 cm³/mol. The van der Waals surface area contributed by atoms with E-state index in [1.54, 1.807) is 0 Å². The van der Waals surface area contributed by atoms with Crippen molar-refractivity contribution in [2.45, 2.75) is 52.1 Å². The summed E-state index contributed by atoms with van der Waals surface area (Å²) in [5.74, 6) is 1.71. The van der Waals surface area contributed by atoms with Gasteiger partial charge < -0.3 is 5.32 Å². The SMILES string of the molecule is CC1CCC(NC(C)c2sccc2Br)C(C)C1. The lowest BCUT2D eigenvalue weighted by Gasteiger charge is -2.35. The highest BCUT2D eigenvalue weighted by molar-refractivity contribution is 9.10. The molecule has 1 aliphatic carbocycles. The lowest BCUT2D eigenvalue weighted by Crippen LogP contribution is -2.40. The van der Waals surface area contributed by atoms with E-state index < -0.39 is 0 Å². The zero-order chi connectivity index (χ0) is 12.4. The summed E-state index contributed by atoms with van der Waals surface area (Å²) in [4.78, 5) is 1.43. The second-order valence-electron chi connectivity index (χ2n) is 5.52. The summed E-state index contributed by atoms with van der Waals surface area (Å²) in [6.45, 7) is 7.05. The van der Waals surface area contributed by atoms with Gasteiger partial charge >= 0.3 is 0 Å². The molecular weight excluding hydrogens is 294 g/mol. The molecule has 1 aromatic rings. The summed E-state index contributed by atoms with van der Waals surface area (Å²) < 4.78 is 1.25. The van der Waals surface area contributed by atoms with Crippen LogP contribution in [0, 0.1) is 11.8 Å². The van der Waals surface area contributed by atoms with E-state index in [2.05, 4.69) is 53.5 Å². The molecule has 1 saturated carbocycles. The van der Waals surface area contributed by atoms with Crippen LogP contribution in [0.5, 0.6) is 0 Å². The highest BCUT2D eigenvalue weighted by atomic mass is 79.9. The van der Waals surface area contributed by atoms with Crippen molar-refractivity contribution < 1.29 is 0 Å². The van der Waals surface area contributed by atoms with E-state index in [0.717, 1.165) is 11.8 Å². The van der Waals surface area contributed by atoms with E-state index >= 15 is 0 Å². The van der Waals surface area contributed by atoms with Crippen LogP contribution in [0.3, 0.4) is 0 Å². The fraction of sp³-hybridized carbons (Fsp3) is 0.714. The summed E-state index contributed by atoms with van der Waals surface area (Å²) in [6.07, 6.45) is 4.08. The maximum absolute atomic E-state index is 3.81. The number of thiophene rings is 1. The summed E-state index contributed by atoms with van der Waals surface area (Å²) in [5.41, 5.74) is 0. The number of hydrogen-bond donors (Lipinski definition) is 1. The van der Waals surface area contributed by atoms with Crippen molar-refractivity contribution in [1.82, 2.24) is 5.32 Å². The monoisotopic (exact) mass is 315 g/mol. The molecule has 0 aliphatic heterocycles. The predicted octanol–water partition coefficient (Wildman–Crippen LogP) is 4.99. The van der Waals surface area contributed by atoms with Crippen LogP contribution < -0.4 is 5.32 Å². The maximum Gasteiger partial charge on any atom is 0.0399 e. The van der Waals surface area contributed by atoms with Crippen molar-refractivity contribution in [3.05, 3.63) is 20.8 Å². The van der Waals surface area contributed by atoms with Crippen molar-refractivity contribution in [3.8, 4) is 0 Å². The third-order valence-corrected chi connectivity index (χ3v) is 5.99. The Bertz CT molecular complexity index is 363. The van der Waals surface area contributed by atoms with Gasteiger partial charge in [0.25, 0.3) is 0 Å². The van der Waals surface area contributed by atoms with Crippen molar-refractivity contribution in [2.24, 2.45) is 11.8 Å². The summed E-state index contributed by atoms with van der Waals surface area (Å²) in [6, 6.07) is 3.30. The van der Waals surface area contributed by atoms with Crippen LogP contribution in [-0.2, 0) is 0 Å². The van der Waals surface area contributed by atoms with Crippen LogP contribution in [0.15, 0.2) is 15.9 Å². The van der Waals surface area contributed by atoms with E-state index in [1.807, 2.05) is 11.3 Å². The summed E-state index contributed by atoms with van der Waals surface area (Å²) >= 11 is 5.47. The van der Waals surface area contributed by atoms with Crippen molar-refractivity contribution in [3.63, 3.8) is 0 Å². The molecule has 0 aromatic carbocycles. The Balaban J connectivity index is 1.95. The van der Waals surface area contributed by atoms with Crippen LogP contribution in [0.2, 0.25) is 0 Å². The minimum absolute atomic E-state index is 0.463. The molecule has 1 aromatic heterocycles. The van der Waals surface area contributed by atoms with Crippen LogP contribution >= 0.6 is 27.3 Å². The Morgan fingerprint density at radius 3 is 2.76 bits per heavy atom. The van der Waals surface area contributed by atoms with Gasteiger partial charge in [0, 0.05) is 21.4 Å². The van der Waals surface area contributed by atoms with E-state index in [-0.39, 0.29) is 0 Å². The molecule has 1 heterocycles. The summed E-state index contributed by atoms with van der Waals surface area (Å²) in [5, 5.41) is 5.97. The van der Waals surface area contributed by atoms with Gasteiger partial charge in [-0.3, -0.25) is 0 Å². The Morgan fingerprint density at radius 1 is 1.41 bits per heavy atom. The van der Waals surface area contributed by atoms with E-state index in [9.17, 15) is 0 Å². The fourth-order valence-electron chi connectivity index (χ4n) is 2.92. The Hall–Kier alpha value is 0.140. The first kappa shape index (κ1) is 13.6. The second kappa shape index (κ2) is 5.85. The van der Waals surface area contributed by atoms with Gasteiger partial charge in [-0.1, -0.05) is 13.8 Å². The van der Waals surface area contributed by atoms with Gasteiger partial charge in [-0.15, -0.1) is 11.3 Å². The van der Waals surface area contributed by atoms with Crippen LogP contribution in [0.4, 0.5) is 0 Å². The van der Waals surface area contributed by atoms with Gasteiger partial charge in [0.2, 0.25) is 0 Å². The molecule has 0 saturated heterocycles. The molecule has 1 nitrogen and oxygen atoms in total. The van der Waals surface area contributed by atoms with Gasteiger partial charge in [-0.2, -0.15) is 0 Å². The molecule has 1 fully saturated rings. The third kappa shape index (κ3) is 3.33. The minimum Gasteiger partial charge on any atom is -0.306 e. The molecule has 0 spiro atoms. The number of halogens is 1. The van der Waals surface area contributed by atoms with Crippen molar-refractivity contribution >= 4 is 27.3 Å². The first-order chi connectivity index (χ1) is 8.08.